The summed E-state index contributed by atoms with van der Waals surface area (Å²) in [5, 5.41) is 7.49. The van der Waals surface area contributed by atoms with E-state index in [4.69, 9.17) is 0 Å². The fourth-order valence-electron chi connectivity index (χ4n) is 4.03. The van der Waals surface area contributed by atoms with Crippen LogP contribution in [0.3, 0.4) is 0 Å². The number of halogens is 2. The number of benzene rings is 1. The zero-order chi connectivity index (χ0) is 21.8. The molecule has 0 aliphatic carbocycles. The molecular formula is C24H27F2N5. The van der Waals surface area contributed by atoms with E-state index >= 15 is 0 Å². The fraction of sp³-hybridized carbons (Fsp3) is 0.375. The summed E-state index contributed by atoms with van der Waals surface area (Å²) in [5.41, 5.74) is 4.15. The Kier molecular flexibility index (Phi) is 6.51. The predicted molar refractivity (Wildman–Crippen MR) is 121 cm³/mol. The van der Waals surface area contributed by atoms with Crippen LogP contribution >= 0.6 is 0 Å². The molecule has 0 atom stereocenters. The molecule has 0 saturated carbocycles. The molecule has 0 spiro atoms. The average molecular weight is 424 g/mol. The summed E-state index contributed by atoms with van der Waals surface area (Å²) >= 11 is 0. The predicted octanol–water partition coefficient (Wildman–Crippen LogP) is 4.76. The van der Waals surface area contributed by atoms with Crippen molar-refractivity contribution in [2.24, 2.45) is 16.1 Å². The van der Waals surface area contributed by atoms with Gasteiger partial charge in [0, 0.05) is 35.5 Å². The van der Waals surface area contributed by atoms with E-state index < -0.39 is 6.43 Å². The Morgan fingerprint density at radius 2 is 1.87 bits per heavy atom. The number of rotatable bonds is 7. The molecule has 1 aromatic carbocycles. The lowest BCUT2D eigenvalue weighted by molar-refractivity contribution is 0.224. The maximum Gasteiger partial charge on any atom is 0.278 e. The van der Waals surface area contributed by atoms with Gasteiger partial charge in [0.15, 0.2) is 0 Å². The molecule has 0 N–H and O–H groups in total. The van der Waals surface area contributed by atoms with Crippen molar-refractivity contribution in [2.45, 2.75) is 32.2 Å². The number of nitrogens with zero attached hydrogens (tertiary/aromatic N) is 5. The highest BCUT2D eigenvalue weighted by molar-refractivity contribution is 6.15. The van der Waals surface area contributed by atoms with Crippen molar-refractivity contribution in [1.82, 2.24) is 9.88 Å². The van der Waals surface area contributed by atoms with E-state index in [1.807, 2.05) is 30.3 Å². The molecule has 0 bridgehead atoms. The van der Waals surface area contributed by atoms with E-state index in [-0.39, 0.29) is 12.1 Å². The second-order valence-electron chi connectivity index (χ2n) is 8.14. The summed E-state index contributed by atoms with van der Waals surface area (Å²) in [6.45, 7) is 7.20. The zero-order valence-corrected chi connectivity index (χ0v) is 17.7. The second kappa shape index (κ2) is 9.47. The highest BCUT2D eigenvalue weighted by Crippen LogP contribution is 2.30. The van der Waals surface area contributed by atoms with E-state index in [1.54, 1.807) is 6.20 Å². The summed E-state index contributed by atoms with van der Waals surface area (Å²) in [6.07, 6.45) is 1.38. The standard InChI is InChI=1S/C24H27F2N5/c1-17(18-10-12-30(2)13-11-18)31(21-6-4-3-5-7-21)16-20-9-8-19(15-27-20)22-14-23(24(25)26)29-28-22/h3-9,15,18,24H,1,10-14,16H2,2H3. The Morgan fingerprint density at radius 1 is 1.13 bits per heavy atom. The first-order valence-electron chi connectivity index (χ1n) is 10.6. The first-order chi connectivity index (χ1) is 15.0. The molecule has 7 heteroatoms. The number of allylic oxidation sites excluding steroid dienone is 1. The van der Waals surface area contributed by atoms with E-state index in [0.29, 0.717) is 18.2 Å². The number of hydrogen-bond donors (Lipinski definition) is 0. The topological polar surface area (TPSA) is 44.1 Å². The van der Waals surface area contributed by atoms with Gasteiger partial charge in [-0.25, -0.2) is 8.78 Å². The lowest BCUT2D eigenvalue weighted by atomic mass is 9.93. The minimum Gasteiger partial charge on any atom is -0.339 e. The molecule has 3 heterocycles. The molecule has 1 saturated heterocycles. The monoisotopic (exact) mass is 423 g/mol. The van der Waals surface area contributed by atoms with Crippen LogP contribution in [0.5, 0.6) is 0 Å². The molecule has 1 aromatic heterocycles. The quantitative estimate of drug-likeness (QED) is 0.645. The van der Waals surface area contributed by atoms with Gasteiger partial charge < -0.3 is 9.80 Å². The van der Waals surface area contributed by atoms with Crippen LogP contribution in [0.4, 0.5) is 14.5 Å². The van der Waals surface area contributed by atoms with Crippen molar-refractivity contribution in [3.63, 3.8) is 0 Å². The lowest BCUT2D eigenvalue weighted by Gasteiger charge is -2.36. The minimum absolute atomic E-state index is 0.0712. The van der Waals surface area contributed by atoms with Crippen LogP contribution < -0.4 is 4.90 Å². The van der Waals surface area contributed by atoms with E-state index in [9.17, 15) is 8.78 Å². The Bertz CT molecular complexity index is 961. The average Bonchev–Trinajstić information content (AvgIpc) is 3.29. The highest BCUT2D eigenvalue weighted by Gasteiger charge is 2.25. The summed E-state index contributed by atoms with van der Waals surface area (Å²) in [7, 11) is 2.16. The van der Waals surface area contributed by atoms with Crippen molar-refractivity contribution >= 4 is 17.1 Å². The molecule has 2 aliphatic heterocycles. The van der Waals surface area contributed by atoms with Crippen LogP contribution in [-0.2, 0) is 6.54 Å². The fourth-order valence-corrected chi connectivity index (χ4v) is 4.03. The molecule has 4 rings (SSSR count). The largest absolute Gasteiger partial charge is 0.339 e. The molecular weight excluding hydrogens is 396 g/mol. The van der Waals surface area contributed by atoms with Gasteiger partial charge >= 0.3 is 0 Å². The van der Waals surface area contributed by atoms with Crippen molar-refractivity contribution in [3.8, 4) is 0 Å². The summed E-state index contributed by atoms with van der Waals surface area (Å²) in [5.74, 6) is 0.438. The first kappa shape index (κ1) is 21.3. The Morgan fingerprint density at radius 3 is 2.48 bits per heavy atom. The zero-order valence-electron chi connectivity index (χ0n) is 17.7. The van der Waals surface area contributed by atoms with Crippen molar-refractivity contribution in [1.29, 1.82) is 0 Å². The van der Waals surface area contributed by atoms with Gasteiger partial charge in [-0.1, -0.05) is 24.8 Å². The molecule has 0 unspecified atom stereocenters. The van der Waals surface area contributed by atoms with Gasteiger partial charge in [-0.3, -0.25) is 4.98 Å². The van der Waals surface area contributed by atoms with Gasteiger partial charge in [0.25, 0.3) is 6.43 Å². The number of pyridine rings is 1. The number of likely N-dealkylation sites (tertiary alicyclic amines) is 1. The molecule has 1 fully saturated rings. The SMILES string of the molecule is C=C(C1CCN(C)CC1)N(Cc1ccc(C2=NN=C(C(F)F)C2)cn1)c1ccccc1. The molecule has 2 aliphatic rings. The summed E-state index contributed by atoms with van der Waals surface area (Å²) in [4.78, 5) is 9.18. The third kappa shape index (κ3) is 5.05. The molecule has 31 heavy (non-hydrogen) atoms. The maximum absolute atomic E-state index is 12.8. The Hall–Kier alpha value is -2.93. The molecule has 0 amide bonds. The van der Waals surface area contributed by atoms with Crippen LogP contribution in [0.1, 0.15) is 30.5 Å². The van der Waals surface area contributed by atoms with Gasteiger partial charge in [-0.15, -0.1) is 0 Å². The highest BCUT2D eigenvalue weighted by atomic mass is 19.3. The Balaban J connectivity index is 1.49. The first-order valence-corrected chi connectivity index (χ1v) is 10.6. The van der Waals surface area contributed by atoms with E-state index in [2.05, 4.69) is 50.7 Å². The molecule has 5 nitrogen and oxygen atoms in total. The number of aromatic nitrogens is 1. The normalized spacial score (nSPS) is 17.5. The minimum atomic E-state index is -2.57. The number of anilines is 1. The van der Waals surface area contributed by atoms with Gasteiger partial charge in [0.1, 0.15) is 5.71 Å². The van der Waals surface area contributed by atoms with E-state index in [1.165, 1.54) is 0 Å². The molecule has 162 valence electrons. The molecule has 0 radical (unpaired) electrons. The number of alkyl halides is 2. The van der Waals surface area contributed by atoms with Gasteiger partial charge in [0.2, 0.25) is 0 Å². The van der Waals surface area contributed by atoms with Crippen molar-refractivity contribution < 1.29 is 8.78 Å². The van der Waals surface area contributed by atoms with Crippen LogP contribution in [0.2, 0.25) is 0 Å². The number of para-hydroxylation sites is 1. The van der Waals surface area contributed by atoms with Crippen LogP contribution in [0, 0.1) is 5.92 Å². The van der Waals surface area contributed by atoms with Gasteiger partial charge in [-0.05, 0) is 57.2 Å². The van der Waals surface area contributed by atoms with E-state index in [0.717, 1.165) is 48.6 Å². The maximum atomic E-state index is 12.8. The van der Waals surface area contributed by atoms with Crippen LogP contribution in [-0.4, -0.2) is 47.9 Å². The number of hydrogen-bond acceptors (Lipinski definition) is 5. The Labute approximate surface area is 181 Å². The number of piperidine rings is 1. The third-order valence-corrected chi connectivity index (χ3v) is 5.98. The third-order valence-electron chi connectivity index (χ3n) is 5.98. The summed E-state index contributed by atoms with van der Waals surface area (Å²) in [6, 6.07) is 14.0. The summed E-state index contributed by atoms with van der Waals surface area (Å²) < 4.78 is 25.6. The smallest absolute Gasteiger partial charge is 0.278 e. The van der Waals surface area contributed by atoms with Gasteiger partial charge in [-0.2, -0.15) is 10.2 Å². The molecule has 2 aromatic rings. The van der Waals surface area contributed by atoms with Crippen molar-refractivity contribution in [2.75, 3.05) is 25.0 Å². The van der Waals surface area contributed by atoms with Gasteiger partial charge in [0.05, 0.1) is 18.0 Å². The van der Waals surface area contributed by atoms with Crippen LogP contribution in [0.25, 0.3) is 0 Å². The van der Waals surface area contributed by atoms with Crippen molar-refractivity contribution in [3.05, 3.63) is 72.2 Å². The second-order valence-corrected chi connectivity index (χ2v) is 8.14. The van der Waals surface area contributed by atoms with Crippen LogP contribution in [0.15, 0.2) is 71.1 Å². The lowest BCUT2D eigenvalue weighted by Crippen LogP contribution is -2.35.